The van der Waals surface area contributed by atoms with Crippen LogP contribution in [0.1, 0.15) is 23.6 Å². The number of carbonyl (C=O) groups excluding carboxylic acids is 1. The van der Waals surface area contributed by atoms with E-state index in [0.717, 1.165) is 16.7 Å². The first-order chi connectivity index (χ1) is 17.0. The first-order valence-electron chi connectivity index (χ1n) is 11.2. The molecule has 3 aromatic rings. The minimum absolute atomic E-state index is 0.0725. The van der Waals surface area contributed by atoms with Crippen LogP contribution in [0.25, 0.3) is 0 Å². The lowest BCUT2D eigenvalue weighted by Gasteiger charge is -2.38. The summed E-state index contributed by atoms with van der Waals surface area (Å²) in [6, 6.07) is 26.1. The Morgan fingerprint density at radius 1 is 0.857 bits per heavy atom. The van der Waals surface area contributed by atoms with Crippen molar-refractivity contribution >= 4 is 5.97 Å². The maximum Gasteiger partial charge on any atom is 0.331 e. The number of aliphatic hydroxyl groups is 1. The molecular weight excluding hydrogens is 446 g/mol. The molecule has 7 heteroatoms. The Kier molecular flexibility index (Phi) is 8.48. The number of methoxy groups -OCH3 is 2. The molecule has 0 heterocycles. The molecule has 0 saturated carbocycles. The number of esters is 1. The van der Waals surface area contributed by atoms with Crippen molar-refractivity contribution in [3.8, 4) is 17.6 Å². The normalized spacial score (nSPS) is 12.8. The fraction of sp³-hybridized carbons (Fsp3) is 0.286. The minimum Gasteiger partial charge on any atom is -0.497 e. The van der Waals surface area contributed by atoms with Gasteiger partial charge in [0.05, 0.1) is 40.1 Å². The summed E-state index contributed by atoms with van der Waals surface area (Å²) in [6.07, 6.45) is 0. The van der Waals surface area contributed by atoms with Crippen molar-refractivity contribution in [2.75, 3.05) is 34.0 Å². The van der Waals surface area contributed by atoms with E-state index in [9.17, 15) is 15.2 Å². The molecule has 0 saturated heterocycles. The number of ether oxygens (including phenoxy) is 4. The van der Waals surface area contributed by atoms with Gasteiger partial charge in [0.1, 0.15) is 17.1 Å². The lowest BCUT2D eigenvalue weighted by molar-refractivity contribution is -0.160. The monoisotopic (exact) mass is 475 g/mol. The van der Waals surface area contributed by atoms with Gasteiger partial charge < -0.3 is 24.1 Å². The smallest absolute Gasteiger partial charge is 0.331 e. The van der Waals surface area contributed by atoms with Gasteiger partial charge in [-0.2, -0.15) is 5.26 Å². The molecule has 1 unspecified atom stereocenters. The van der Waals surface area contributed by atoms with E-state index in [4.69, 9.17) is 18.9 Å². The molecule has 0 aliphatic carbocycles. The summed E-state index contributed by atoms with van der Waals surface area (Å²) < 4.78 is 22.4. The summed E-state index contributed by atoms with van der Waals surface area (Å²) in [7, 11) is 3.17. The highest BCUT2D eigenvalue weighted by atomic mass is 16.5. The molecule has 1 atom stereocenters. The minimum atomic E-state index is -1.89. The predicted molar refractivity (Wildman–Crippen MR) is 130 cm³/mol. The lowest BCUT2D eigenvalue weighted by atomic mass is 9.79. The second-order valence-electron chi connectivity index (χ2n) is 7.87. The number of benzene rings is 3. The third-order valence-corrected chi connectivity index (χ3v) is 5.86. The largest absolute Gasteiger partial charge is 0.497 e. The maximum atomic E-state index is 12.7. The first kappa shape index (κ1) is 25.8. The van der Waals surface area contributed by atoms with Gasteiger partial charge in [0.15, 0.2) is 5.41 Å². The van der Waals surface area contributed by atoms with Crippen LogP contribution in [0.5, 0.6) is 11.5 Å². The second kappa shape index (κ2) is 11.5. The van der Waals surface area contributed by atoms with Gasteiger partial charge in [-0.1, -0.05) is 54.6 Å². The Balaban J connectivity index is 2.24. The Hall–Kier alpha value is -3.86. The molecule has 0 aliphatic heterocycles. The van der Waals surface area contributed by atoms with Crippen LogP contribution in [0.4, 0.5) is 0 Å². The molecule has 3 rings (SSSR count). The third kappa shape index (κ3) is 5.14. The number of rotatable bonds is 11. The van der Waals surface area contributed by atoms with E-state index in [-0.39, 0.29) is 6.61 Å². The van der Waals surface area contributed by atoms with Gasteiger partial charge in [-0.25, -0.2) is 0 Å². The van der Waals surface area contributed by atoms with Crippen molar-refractivity contribution in [2.24, 2.45) is 5.41 Å². The van der Waals surface area contributed by atoms with E-state index in [2.05, 4.69) is 0 Å². The van der Waals surface area contributed by atoms with Crippen molar-refractivity contribution < 1.29 is 28.8 Å². The molecule has 7 nitrogen and oxygen atoms in total. The van der Waals surface area contributed by atoms with E-state index in [1.807, 2.05) is 84.9 Å². The van der Waals surface area contributed by atoms with Crippen LogP contribution >= 0.6 is 0 Å². The molecule has 0 bridgehead atoms. The lowest BCUT2D eigenvalue weighted by Crippen LogP contribution is -2.44. The van der Waals surface area contributed by atoms with Crippen molar-refractivity contribution in [1.29, 1.82) is 5.26 Å². The third-order valence-electron chi connectivity index (χ3n) is 5.86. The van der Waals surface area contributed by atoms with Gasteiger partial charge in [0.25, 0.3) is 0 Å². The maximum absolute atomic E-state index is 12.7. The van der Waals surface area contributed by atoms with Crippen molar-refractivity contribution in [3.63, 3.8) is 0 Å². The molecule has 0 aromatic heterocycles. The summed E-state index contributed by atoms with van der Waals surface area (Å²) in [4.78, 5) is 12.7. The number of hydrogen-bond donors (Lipinski definition) is 1. The SMILES string of the molecule is CCOC(=O)C(C#N)(CO)COC(c1ccccc1)(c1ccc(OC)cc1)c1ccc(OC)cc1. The van der Waals surface area contributed by atoms with Gasteiger partial charge in [0, 0.05) is 0 Å². The van der Waals surface area contributed by atoms with Gasteiger partial charge in [0.2, 0.25) is 0 Å². The summed E-state index contributed by atoms with van der Waals surface area (Å²) in [5.41, 5.74) is -0.881. The predicted octanol–water partition coefficient (Wildman–Crippen LogP) is 4.08. The fourth-order valence-corrected chi connectivity index (χ4v) is 3.86. The Morgan fingerprint density at radius 2 is 1.34 bits per heavy atom. The second-order valence-corrected chi connectivity index (χ2v) is 7.87. The number of nitriles is 1. The number of hydrogen-bond acceptors (Lipinski definition) is 7. The molecule has 0 aliphatic rings. The van der Waals surface area contributed by atoms with Crippen LogP contribution in [0.3, 0.4) is 0 Å². The van der Waals surface area contributed by atoms with Gasteiger partial charge in [-0.05, 0) is 47.9 Å². The zero-order chi connectivity index (χ0) is 25.3. The highest BCUT2D eigenvalue weighted by molar-refractivity contribution is 5.80. The molecule has 0 fully saturated rings. The van der Waals surface area contributed by atoms with Gasteiger partial charge in [-0.3, -0.25) is 4.79 Å². The van der Waals surface area contributed by atoms with Crippen molar-refractivity contribution in [1.82, 2.24) is 0 Å². The van der Waals surface area contributed by atoms with E-state index in [1.165, 1.54) is 0 Å². The van der Waals surface area contributed by atoms with Crippen LogP contribution in [-0.2, 0) is 19.9 Å². The molecule has 0 amide bonds. The van der Waals surface area contributed by atoms with Gasteiger partial charge in [-0.15, -0.1) is 0 Å². The Labute approximate surface area is 205 Å². The van der Waals surface area contributed by atoms with E-state index >= 15 is 0 Å². The average molecular weight is 476 g/mol. The van der Waals surface area contributed by atoms with Crippen LogP contribution in [0.15, 0.2) is 78.9 Å². The Bertz CT molecular complexity index is 1090. The molecule has 182 valence electrons. The molecular formula is C28H29NO6. The first-order valence-corrected chi connectivity index (χ1v) is 11.2. The number of carbonyl (C=O) groups is 1. The summed E-state index contributed by atoms with van der Waals surface area (Å²) in [6.45, 7) is 0.550. The molecule has 0 radical (unpaired) electrons. The zero-order valence-electron chi connectivity index (χ0n) is 20.1. The molecule has 0 spiro atoms. The fourth-order valence-electron chi connectivity index (χ4n) is 3.86. The standard InChI is InChI=1S/C28H29NO6/c1-4-34-26(31)27(18-29,19-30)20-35-28(21-8-6-5-7-9-21,22-10-14-24(32-2)15-11-22)23-12-16-25(33-3)17-13-23/h5-17,30H,4,19-20H2,1-3H3. The Morgan fingerprint density at radius 3 is 1.74 bits per heavy atom. The molecule has 35 heavy (non-hydrogen) atoms. The van der Waals surface area contributed by atoms with E-state index in [1.54, 1.807) is 21.1 Å². The summed E-state index contributed by atoms with van der Waals surface area (Å²) in [5.74, 6) is 0.494. The van der Waals surface area contributed by atoms with E-state index < -0.39 is 30.2 Å². The molecule has 1 N–H and O–H groups in total. The average Bonchev–Trinajstić information content (AvgIpc) is 2.92. The zero-order valence-corrected chi connectivity index (χ0v) is 20.1. The van der Waals surface area contributed by atoms with Gasteiger partial charge >= 0.3 is 5.97 Å². The topological polar surface area (TPSA) is 98.0 Å². The van der Waals surface area contributed by atoms with Crippen LogP contribution in [0, 0.1) is 16.7 Å². The quantitative estimate of drug-likeness (QED) is 0.330. The number of nitrogens with zero attached hydrogens (tertiary/aromatic N) is 1. The molecule has 3 aromatic carbocycles. The van der Waals surface area contributed by atoms with Crippen LogP contribution in [-0.4, -0.2) is 45.1 Å². The van der Waals surface area contributed by atoms with Crippen molar-refractivity contribution in [3.05, 3.63) is 95.6 Å². The highest BCUT2D eigenvalue weighted by Crippen LogP contribution is 2.42. The van der Waals surface area contributed by atoms with Crippen LogP contribution < -0.4 is 9.47 Å². The van der Waals surface area contributed by atoms with Crippen LogP contribution in [0.2, 0.25) is 0 Å². The summed E-state index contributed by atoms with van der Waals surface area (Å²) in [5, 5.41) is 20.0. The van der Waals surface area contributed by atoms with Crippen molar-refractivity contribution in [2.45, 2.75) is 12.5 Å². The number of aliphatic hydroxyl groups excluding tert-OH is 1. The van der Waals surface area contributed by atoms with E-state index in [0.29, 0.717) is 11.5 Å². The summed E-state index contributed by atoms with van der Waals surface area (Å²) >= 11 is 0. The highest BCUT2D eigenvalue weighted by Gasteiger charge is 2.46.